The average molecular weight is 259 g/mol. The van der Waals surface area contributed by atoms with Crippen molar-refractivity contribution in [3.05, 3.63) is 35.4 Å². The van der Waals surface area contributed by atoms with Crippen LogP contribution in [0.1, 0.15) is 37.8 Å². The van der Waals surface area contributed by atoms with Gasteiger partial charge < -0.3 is 10.6 Å². The van der Waals surface area contributed by atoms with Crippen LogP contribution in [0.5, 0.6) is 0 Å². The normalized spacial score (nSPS) is 16.1. The molecule has 1 aromatic carbocycles. The summed E-state index contributed by atoms with van der Waals surface area (Å²) >= 11 is 0. The molecule has 2 N–H and O–H groups in total. The summed E-state index contributed by atoms with van der Waals surface area (Å²) in [6.45, 7) is 9.54. The topological polar surface area (TPSA) is 36.4 Å². The van der Waals surface area contributed by atoms with Gasteiger partial charge in [0.05, 0.1) is 6.54 Å². The second-order valence-corrected chi connectivity index (χ2v) is 5.78. The maximum absolute atomic E-state index is 4.34. The third-order valence-corrected chi connectivity index (χ3v) is 3.44. The Morgan fingerprint density at radius 2 is 1.95 bits per heavy atom. The summed E-state index contributed by atoms with van der Waals surface area (Å²) < 4.78 is 0. The van der Waals surface area contributed by atoms with Crippen LogP contribution < -0.4 is 10.6 Å². The quantitative estimate of drug-likeness (QED) is 0.852. The molecule has 1 aliphatic heterocycles. The van der Waals surface area contributed by atoms with Crippen LogP contribution in [0, 0.1) is 5.92 Å². The molecule has 0 fully saturated rings. The fraction of sp³-hybridized carbons (Fsp3) is 0.562. The Labute approximate surface area is 116 Å². The van der Waals surface area contributed by atoms with Gasteiger partial charge in [-0.2, -0.15) is 0 Å². The van der Waals surface area contributed by atoms with Crippen molar-refractivity contribution in [1.29, 1.82) is 0 Å². The van der Waals surface area contributed by atoms with Crippen molar-refractivity contribution in [2.75, 3.05) is 19.6 Å². The van der Waals surface area contributed by atoms with Crippen molar-refractivity contribution >= 4 is 5.96 Å². The van der Waals surface area contributed by atoms with E-state index in [9.17, 15) is 0 Å². The minimum absolute atomic E-state index is 0.498. The van der Waals surface area contributed by atoms with Gasteiger partial charge in [0.1, 0.15) is 0 Å². The van der Waals surface area contributed by atoms with Gasteiger partial charge in [-0.3, -0.25) is 4.99 Å². The first-order chi connectivity index (χ1) is 9.15. The number of hydrogen-bond acceptors (Lipinski definition) is 3. The summed E-state index contributed by atoms with van der Waals surface area (Å²) in [6.07, 6.45) is 1.16. The molecule has 3 heteroatoms. The van der Waals surface area contributed by atoms with Crippen LogP contribution in [0.3, 0.4) is 0 Å². The summed E-state index contributed by atoms with van der Waals surface area (Å²) in [7, 11) is 0. The highest BCUT2D eigenvalue weighted by Crippen LogP contribution is 2.16. The van der Waals surface area contributed by atoms with Gasteiger partial charge in [0, 0.05) is 13.1 Å². The predicted octanol–water partition coefficient (Wildman–Crippen LogP) is 2.54. The first-order valence-corrected chi connectivity index (χ1v) is 7.26. The molecular weight excluding hydrogens is 234 g/mol. The van der Waals surface area contributed by atoms with Gasteiger partial charge in [0.2, 0.25) is 0 Å². The highest BCUT2D eigenvalue weighted by atomic mass is 15.2. The van der Waals surface area contributed by atoms with Crippen LogP contribution >= 0.6 is 0 Å². The van der Waals surface area contributed by atoms with Crippen molar-refractivity contribution < 1.29 is 0 Å². The molecule has 1 atom stereocenters. The number of guanidine groups is 1. The van der Waals surface area contributed by atoms with E-state index < -0.39 is 0 Å². The maximum atomic E-state index is 4.34. The molecule has 0 radical (unpaired) electrons. The molecule has 1 unspecified atom stereocenters. The Balaban J connectivity index is 1.86. The molecule has 0 aliphatic carbocycles. The van der Waals surface area contributed by atoms with E-state index in [0.717, 1.165) is 37.9 Å². The van der Waals surface area contributed by atoms with Gasteiger partial charge in [-0.15, -0.1) is 0 Å². The molecule has 0 saturated carbocycles. The second kappa shape index (κ2) is 6.60. The van der Waals surface area contributed by atoms with Crippen LogP contribution in [0.25, 0.3) is 0 Å². The number of benzene rings is 1. The SMILES string of the molecule is CC(C)Cc1ccc(C(C)CNC2=NCCN2)cc1. The number of nitrogens with zero attached hydrogens (tertiary/aromatic N) is 1. The third-order valence-electron chi connectivity index (χ3n) is 3.44. The first kappa shape index (κ1) is 13.9. The van der Waals surface area contributed by atoms with E-state index in [1.165, 1.54) is 11.1 Å². The number of aliphatic imine (C=N–C) groups is 1. The van der Waals surface area contributed by atoms with Crippen molar-refractivity contribution in [3.63, 3.8) is 0 Å². The van der Waals surface area contributed by atoms with Crippen LogP contribution in [0.15, 0.2) is 29.3 Å². The molecule has 0 spiro atoms. The molecule has 0 aromatic heterocycles. The molecule has 3 nitrogen and oxygen atoms in total. The Kier molecular flexibility index (Phi) is 4.83. The van der Waals surface area contributed by atoms with E-state index >= 15 is 0 Å². The van der Waals surface area contributed by atoms with Gasteiger partial charge in [-0.25, -0.2) is 0 Å². The van der Waals surface area contributed by atoms with Crippen molar-refractivity contribution in [2.24, 2.45) is 10.9 Å². The third kappa shape index (κ3) is 4.27. The van der Waals surface area contributed by atoms with Crippen LogP contribution in [0.4, 0.5) is 0 Å². The van der Waals surface area contributed by atoms with Gasteiger partial charge in [0.15, 0.2) is 5.96 Å². The van der Waals surface area contributed by atoms with E-state index in [0.29, 0.717) is 5.92 Å². The first-order valence-electron chi connectivity index (χ1n) is 7.26. The molecular formula is C16H25N3. The number of hydrogen-bond donors (Lipinski definition) is 2. The summed E-state index contributed by atoms with van der Waals surface area (Å²) in [5.41, 5.74) is 2.82. The average Bonchev–Trinajstić information content (AvgIpc) is 2.89. The van der Waals surface area contributed by atoms with E-state index in [-0.39, 0.29) is 0 Å². The lowest BCUT2D eigenvalue weighted by molar-refractivity contribution is 0.646. The molecule has 104 valence electrons. The Hall–Kier alpha value is -1.51. The largest absolute Gasteiger partial charge is 0.356 e. The summed E-state index contributed by atoms with van der Waals surface area (Å²) in [5, 5.41) is 6.60. The fourth-order valence-corrected chi connectivity index (χ4v) is 2.34. The van der Waals surface area contributed by atoms with E-state index in [4.69, 9.17) is 0 Å². The number of nitrogens with one attached hydrogen (secondary N) is 2. The van der Waals surface area contributed by atoms with Gasteiger partial charge in [0.25, 0.3) is 0 Å². The maximum Gasteiger partial charge on any atom is 0.191 e. The molecule has 1 aromatic rings. The van der Waals surface area contributed by atoms with E-state index in [2.05, 4.69) is 60.7 Å². The summed E-state index contributed by atoms with van der Waals surface area (Å²) in [5.74, 6) is 2.16. The Morgan fingerprint density at radius 3 is 2.53 bits per heavy atom. The zero-order valence-electron chi connectivity index (χ0n) is 12.2. The Morgan fingerprint density at radius 1 is 1.21 bits per heavy atom. The van der Waals surface area contributed by atoms with Crippen LogP contribution in [-0.4, -0.2) is 25.6 Å². The lowest BCUT2D eigenvalue weighted by atomic mass is 9.97. The minimum Gasteiger partial charge on any atom is -0.356 e. The lowest BCUT2D eigenvalue weighted by Crippen LogP contribution is -2.35. The van der Waals surface area contributed by atoms with Gasteiger partial charge in [-0.05, 0) is 29.4 Å². The van der Waals surface area contributed by atoms with Crippen molar-refractivity contribution in [1.82, 2.24) is 10.6 Å². The highest BCUT2D eigenvalue weighted by molar-refractivity contribution is 5.81. The molecule has 0 amide bonds. The highest BCUT2D eigenvalue weighted by Gasteiger charge is 2.09. The second-order valence-electron chi connectivity index (χ2n) is 5.78. The molecule has 19 heavy (non-hydrogen) atoms. The standard InChI is InChI=1S/C16H25N3/c1-12(2)10-14-4-6-15(7-5-14)13(3)11-19-16-17-8-9-18-16/h4-7,12-13H,8-11H2,1-3H3,(H2,17,18,19). The smallest absolute Gasteiger partial charge is 0.191 e. The van der Waals surface area contributed by atoms with Crippen molar-refractivity contribution in [2.45, 2.75) is 33.1 Å². The lowest BCUT2D eigenvalue weighted by Gasteiger charge is -2.15. The fourth-order valence-electron chi connectivity index (χ4n) is 2.34. The van der Waals surface area contributed by atoms with E-state index in [1.54, 1.807) is 0 Å². The van der Waals surface area contributed by atoms with E-state index in [1.807, 2.05) is 0 Å². The zero-order valence-corrected chi connectivity index (χ0v) is 12.2. The molecule has 0 bridgehead atoms. The molecule has 1 heterocycles. The van der Waals surface area contributed by atoms with Gasteiger partial charge in [-0.1, -0.05) is 45.0 Å². The van der Waals surface area contributed by atoms with Crippen LogP contribution in [-0.2, 0) is 6.42 Å². The van der Waals surface area contributed by atoms with Gasteiger partial charge >= 0.3 is 0 Å². The molecule has 2 rings (SSSR count). The van der Waals surface area contributed by atoms with Crippen molar-refractivity contribution in [3.8, 4) is 0 Å². The molecule has 0 saturated heterocycles. The van der Waals surface area contributed by atoms with Crippen LogP contribution in [0.2, 0.25) is 0 Å². The monoisotopic (exact) mass is 259 g/mol. The molecule has 1 aliphatic rings. The number of rotatable bonds is 5. The minimum atomic E-state index is 0.498. The summed E-state index contributed by atoms with van der Waals surface area (Å²) in [6, 6.07) is 9.04. The Bertz CT molecular complexity index is 420. The predicted molar refractivity (Wildman–Crippen MR) is 81.7 cm³/mol. The zero-order chi connectivity index (χ0) is 13.7. The summed E-state index contributed by atoms with van der Waals surface area (Å²) in [4.78, 5) is 4.34.